The normalized spacial score (nSPS) is 10.6. The van der Waals surface area contributed by atoms with Gasteiger partial charge in [-0.25, -0.2) is 0 Å². The van der Waals surface area contributed by atoms with Crippen LogP contribution in [-0.2, 0) is 4.79 Å². The van der Waals surface area contributed by atoms with Gasteiger partial charge in [0.2, 0.25) is 5.91 Å². The molecule has 0 atom stereocenters. The molecule has 0 aliphatic carbocycles. The Hall–Kier alpha value is -2.29. The van der Waals surface area contributed by atoms with Crippen LogP contribution in [0.1, 0.15) is 36.5 Å². The highest BCUT2D eigenvalue weighted by Crippen LogP contribution is 2.23. The third-order valence-corrected chi connectivity index (χ3v) is 3.82. The fourth-order valence-corrected chi connectivity index (χ4v) is 2.34. The summed E-state index contributed by atoms with van der Waals surface area (Å²) in [7, 11) is 0. The van der Waals surface area contributed by atoms with E-state index in [0.29, 0.717) is 5.92 Å². The molecule has 3 nitrogen and oxygen atoms in total. The number of benzene rings is 2. The zero-order valence-corrected chi connectivity index (χ0v) is 13.7. The molecular weight excluding hydrogens is 272 g/mol. The molecule has 2 rings (SSSR count). The van der Waals surface area contributed by atoms with E-state index in [0.717, 1.165) is 16.9 Å². The van der Waals surface area contributed by atoms with Gasteiger partial charge in [0.25, 0.3) is 0 Å². The Balaban J connectivity index is 1.97. The van der Waals surface area contributed by atoms with Crippen LogP contribution < -0.4 is 10.6 Å². The summed E-state index contributed by atoms with van der Waals surface area (Å²) in [5.74, 6) is 0.343. The third-order valence-electron chi connectivity index (χ3n) is 3.82. The maximum Gasteiger partial charge on any atom is 0.243 e. The van der Waals surface area contributed by atoms with Gasteiger partial charge in [0.1, 0.15) is 0 Å². The fraction of sp³-hybridized carbons (Fsp3) is 0.316. The minimum Gasteiger partial charge on any atom is -0.376 e. The summed E-state index contributed by atoms with van der Waals surface area (Å²) in [5.41, 5.74) is 5.48. The molecule has 1 amide bonds. The van der Waals surface area contributed by atoms with E-state index in [4.69, 9.17) is 0 Å². The summed E-state index contributed by atoms with van der Waals surface area (Å²) in [6.07, 6.45) is 0. The Kier molecular flexibility index (Phi) is 5.21. The van der Waals surface area contributed by atoms with Crippen LogP contribution in [0, 0.1) is 13.8 Å². The molecule has 0 spiro atoms. The summed E-state index contributed by atoms with van der Waals surface area (Å²) in [4.78, 5) is 12.1. The molecule has 0 fully saturated rings. The number of anilines is 2. The quantitative estimate of drug-likeness (QED) is 0.854. The van der Waals surface area contributed by atoms with Crippen LogP contribution in [0.15, 0.2) is 42.5 Å². The first kappa shape index (κ1) is 16.1. The van der Waals surface area contributed by atoms with Crippen molar-refractivity contribution >= 4 is 17.3 Å². The van der Waals surface area contributed by atoms with Crippen molar-refractivity contribution in [2.45, 2.75) is 33.6 Å². The molecule has 0 aliphatic heterocycles. The lowest BCUT2D eigenvalue weighted by atomic mass is 10.0. The van der Waals surface area contributed by atoms with Crippen LogP contribution in [-0.4, -0.2) is 12.5 Å². The predicted molar refractivity (Wildman–Crippen MR) is 93.6 cm³/mol. The fourth-order valence-electron chi connectivity index (χ4n) is 2.34. The first-order valence-corrected chi connectivity index (χ1v) is 7.67. The summed E-state index contributed by atoms with van der Waals surface area (Å²) in [6, 6.07) is 14.1. The Labute approximate surface area is 132 Å². The monoisotopic (exact) mass is 296 g/mol. The third kappa shape index (κ3) is 4.10. The van der Waals surface area contributed by atoms with E-state index >= 15 is 0 Å². The average Bonchev–Trinajstić information content (AvgIpc) is 2.49. The molecule has 0 bridgehead atoms. The lowest BCUT2D eigenvalue weighted by molar-refractivity contribution is -0.114. The maximum absolute atomic E-state index is 12.1. The molecule has 0 saturated heterocycles. The molecule has 116 valence electrons. The Morgan fingerprint density at radius 2 is 1.77 bits per heavy atom. The van der Waals surface area contributed by atoms with Gasteiger partial charge in [0, 0.05) is 11.4 Å². The number of hydrogen-bond acceptors (Lipinski definition) is 2. The second-order valence-corrected chi connectivity index (χ2v) is 5.94. The van der Waals surface area contributed by atoms with Crippen LogP contribution in [0.2, 0.25) is 0 Å². The standard InChI is InChI=1S/C19H24N2O/c1-13(2)17-7-5-6-8-18(17)21-19(22)12-20-16-10-9-14(3)15(4)11-16/h5-11,13,20H,12H2,1-4H3,(H,21,22). The van der Waals surface area contributed by atoms with Gasteiger partial charge >= 0.3 is 0 Å². The van der Waals surface area contributed by atoms with Gasteiger partial charge < -0.3 is 10.6 Å². The van der Waals surface area contributed by atoms with Crippen molar-refractivity contribution in [3.63, 3.8) is 0 Å². The van der Waals surface area contributed by atoms with Crippen molar-refractivity contribution in [1.82, 2.24) is 0 Å². The number of hydrogen-bond donors (Lipinski definition) is 2. The number of carbonyl (C=O) groups excluding carboxylic acids is 1. The molecule has 2 aromatic rings. The number of amides is 1. The highest BCUT2D eigenvalue weighted by molar-refractivity contribution is 5.94. The molecule has 0 aromatic heterocycles. The largest absolute Gasteiger partial charge is 0.376 e. The van der Waals surface area contributed by atoms with Gasteiger partial charge in [-0.3, -0.25) is 4.79 Å². The predicted octanol–water partition coefficient (Wildman–Crippen LogP) is 4.48. The van der Waals surface area contributed by atoms with Crippen molar-refractivity contribution < 1.29 is 4.79 Å². The van der Waals surface area contributed by atoms with Crippen molar-refractivity contribution in [2.75, 3.05) is 17.2 Å². The van der Waals surface area contributed by atoms with Crippen LogP contribution in [0.25, 0.3) is 0 Å². The molecular formula is C19H24N2O. The van der Waals surface area contributed by atoms with Gasteiger partial charge in [-0.2, -0.15) is 0 Å². The summed E-state index contributed by atoms with van der Waals surface area (Å²) >= 11 is 0. The number of carbonyl (C=O) groups is 1. The topological polar surface area (TPSA) is 41.1 Å². The average molecular weight is 296 g/mol. The van der Waals surface area contributed by atoms with Crippen molar-refractivity contribution in [2.24, 2.45) is 0 Å². The first-order chi connectivity index (χ1) is 10.5. The minimum atomic E-state index is -0.0358. The molecule has 0 aliphatic rings. The van der Waals surface area contributed by atoms with Crippen molar-refractivity contribution in [3.8, 4) is 0 Å². The van der Waals surface area contributed by atoms with Gasteiger partial charge in [0.15, 0.2) is 0 Å². The lowest BCUT2D eigenvalue weighted by Crippen LogP contribution is -2.22. The molecule has 0 heterocycles. The van der Waals surface area contributed by atoms with Gasteiger partial charge in [-0.15, -0.1) is 0 Å². The van der Waals surface area contributed by atoms with Crippen LogP contribution in [0.5, 0.6) is 0 Å². The molecule has 3 heteroatoms. The second kappa shape index (κ2) is 7.12. The molecule has 2 N–H and O–H groups in total. The van der Waals surface area contributed by atoms with Crippen LogP contribution >= 0.6 is 0 Å². The lowest BCUT2D eigenvalue weighted by Gasteiger charge is -2.14. The highest BCUT2D eigenvalue weighted by Gasteiger charge is 2.09. The number of rotatable bonds is 5. The van der Waals surface area contributed by atoms with E-state index in [1.165, 1.54) is 11.1 Å². The van der Waals surface area contributed by atoms with E-state index in [9.17, 15) is 4.79 Å². The van der Waals surface area contributed by atoms with E-state index in [-0.39, 0.29) is 12.5 Å². The number of aryl methyl sites for hydroxylation is 2. The number of nitrogens with one attached hydrogen (secondary N) is 2. The molecule has 22 heavy (non-hydrogen) atoms. The zero-order chi connectivity index (χ0) is 16.1. The molecule has 2 aromatic carbocycles. The van der Waals surface area contributed by atoms with E-state index in [1.807, 2.05) is 24.3 Å². The van der Waals surface area contributed by atoms with Gasteiger partial charge in [-0.1, -0.05) is 38.1 Å². The molecule has 0 radical (unpaired) electrons. The van der Waals surface area contributed by atoms with E-state index < -0.39 is 0 Å². The Morgan fingerprint density at radius 1 is 1.05 bits per heavy atom. The molecule has 0 unspecified atom stereocenters. The van der Waals surface area contributed by atoms with Crippen LogP contribution in [0.3, 0.4) is 0 Å². The molecule has 0 saturated carbocycles. The van der Waals surface area contributed by atoms with Crippen molar-refractivity contribution in [3.05, 3.63) is 59.2 Å². The van der Waals surface area contributed by atoms with Gasteiger partial charge in [0.05, 0.1) is 6.54 Å². The van der Waals surface area contributed by atoms with Crippen LogP contribution in [0.4, 0.5) is 11.4 Å². The van der Waals surface area contributed by atoms with E-state index in [1.54, 1.807) is 0 Å². The minimum absolute atomic E-state index is 0.0358. The van der Waals surface area contributed by atoms with Gasteiger partial charge in [-0.05, 0) is 54.7 Å². The first-order valence-electron chi connectivity index (χ1n) is 7.67. The maximum atomic E-state index is 12.1. The Bertz CT molecular complexity index is 662. The second-order valence-electron chi connectivity index (χ2n) is 5.94. The zero-order valence-electron chi connectivity index (χ0n) is 13.7. The van der Waals surface area contributed by atoms with E-state index in [2.05, 4.69) is 56.5 Å². The highest BCUT2D eigenvalue weighted by atomic mass is 16.1. The summed E-state index contributed by atoms with van der Waals surface area (Å²) in [5, 5.41) is 6.16. The summed E-state index contributed by atoms with van der Waals surface area (Å²) in [6.45, 7) is 8.65. The van der Waals surface area contributed by atoms with Crippen molar-refractivity contribution in [1.29, 1.82) is 0 Å². The Morgan fingerprint density at radius 3 is 2.45 bits per heavy atom. The smallest absolute Gasteiger partial charge is 0.243 e. The summed E-state index contributed by atoms with van der Waals surface area (Å²) < 4.78 is 0. The number of para-hydroxylation sites is 1. The SMILES string of the molecule is Cc1ccc(NCC(=O)Nc2ccccc2C(C)C)cc1C.